The Labute approximate surface area is 235 Å². The molecule has 6 aromatic carbocycles. The number of hydrogen-bond acceptors (Lipinski definition) is 3. The average molecular weight is 529 g/mol. The summed E-state index contributed by atoms with van der Waals surface area (Å²) in [5, 5.41) is 6.67. The first-order valence-corrected chi connectivity index (χ1v) is 14.0. The second-order valence-electron chi connectivity index (χ2n) is 10.7. The maximum atomic E-state index is 6.52. The van der Waals surface area contributed by atoms with E-state index in [2.05, 4.69) is 96.4 Å². The highest BCUT2D eigenvalue weighted by Crippen LogP contribution is 2.44. The number of rotatable bonds is 3. The first-order valence-electron chi connectivity index (χ1n) is 14.0. The van der Waals surface area contributed by atoms with Gasteiger partial charge >= 0.3 is 0 Å². The van der Waals surface area contributed by atoms with Crippen molar-refractivity contribution in [2.75, 3.05) is 0 Å². The summed E-state index contributed by atoms with van der Waals surface area (Å²) in [5.41, 5.74) is 8.94. The van der Waals surface area contributed by atoms with Gasteiger partial charge in [0.25, 0.3) is 0 Å². The molecule has 4 nitrogen and oxygen atoms in total. The van der Waals surface area contributed by atoms with Gasteiger partial charge in [0, 0.05) is 33.8 Å². The minimum absolute atomic E-state index is 0.853. The minimum Gasteiger partial charge on any atom is -0.455 e. The number of para-hydroxylation sites is 4. The van der Waals surface area contributed by atoms with E-state index in [1.807, 2.05) is 30.3 Å². The number of imidazole rings is 1. The van der Waals surface area contributed by atoms with E-state index in [0.29, 0.717) is 0 Å². The zero-order valence-corrected chi connectivity index (χ0v) is 22.4. The first kappa shape index (κ1) is 22.5. The second-order valence-corrected chi connectivity index (χ2v) is 10.7. The van der Waals surface area contributed by atoms with E-state index in [0.717, 1.165) is 84.0 Å². The Kier molecular flexibility index (Phi) is 4.56. The lowest BCUT2D eigenvalue weighted by molar-refractivity contribution is 0.663. The Morgan fingerprint density at radius 1 is 0.634 bits per heavy atom. The molecule has 194 valence electrons. The van der Waals surface area contributed by atoms with Gasteiger partial charge in [-0.05, 0) is 64.9 Å². The molecule has 0 atom stereocenters. The maximum absolute atomic E-state index is 6.52. The Bertz CT molecular complexity index is 2470. The van der Waals surface area contributed by atoms with Gasteiger partial charge in [-0.15, -0.1) is 0 Å². The van der Waals surface area contributed by atoms with Gasteiger partial charge < -0.3 is 8.83 Å². The van der Waals surface area contributed by atoms with Gasteiger partial charge in [0.05, 0.1) is 16.4 Å². The van der Waals surface area contributed by atoms with Crippen LogP contribution in [0.1, 0.15) is 12.7 Å². The van der Waals surface area contributed by atoms with Crippen molar-refractivity contribution in [2.45, 2.75) is 13.3 Å². The van der Waals surface area contributed by atoms with Crippen LogP contribution in [0.2, 0.25) is 0 Å². The van der Waals surface area contributed by atoms with Crippen LogP contribution in [-0.4, -0.2) is 9.55 Å². The van der Waals surface area contributed by atoms with Crippen LogP contribution in [0.15, 0.2) is 124 Å². The van der Waals surface area contributed by atoms with E-state index < -0.39 is 0 Å². The number of hydrogen-bond donors (Lipinski definition) is 0. The van der Waals surface area contributed by atoms with Crippen LogP contribution in [0.3, 0.4) is 0 Å². The minimum atomic E-state index is 0.853. The smallest absolute Gasteiger partial charge is 0.147 e. The molecule has 0 aliphatic carbocycles. The van der Waals surface area contributed by atoms with Gasteiger partial charge in [-0.25, -0.2) is 4.98 Å². The highest BCUT2D eigenvalue weighted by Gasteiger charge is 2.20. The quantitative estimate of drug-likeness (QED) is 0.229. The molecule has 3 heterocycles. The number of aryl methyl sites for hydroxylation is 1. The SMILES string of the molecule is CCc1nc2ccccc2n1-c1ccc2cc(-c3cc4c5ccccc5oc4c4c3oc3ccccc34)ccc2c1. The molecule has 0 amide bonds. The van der Waals surface area contributed by atoms with Gasteiger partial charge in [-0.1, -0.05) is 73.7 Å². The Hall–Kier alpha value is -5.35. The summed E-state index contributed by atoms with van der Waals surface area (Å²) in [6, 6.07) is 40.4. The van der Waals surface area contributed by atoms with E-state index in [9.17, 15) is 0 Å². The molecule has 0 fully saturated rings. The molecule has 4 heteroatoms. The monoisotopic (exact) mass is 528 g/mol. The molecular weight excluding hydrogens is 504 g/mol. The van der Waals surface area contributed by atoms with Crippen LogP contribution >= 0.6 is 0 Å². The van der Waals surface area contributed by atoms with Crippen molar-refractivity contribution in [2.24, 2.45) is 0 Å². The third kappa shape index (κ3) is 3.19. The molecule has 9 rings (SSSR count). The normalized spacial score (nSPS) is 12.1. The molecular formula is C37H24N2O2. The lowest BCUT2D eigenvalue weighted by atomic mass is 9.96. The molecule has 0 bridgehead atoms. The molecule has 0 radical (unpaired) electrons. The predicted molar refractivity (Wildman–Crippen MR) is 168 cm³/mol. The van der Waals surface area contributed by atoms with Gasteiger partial charge in [-0.3, -0.25) is 4.57 Å². The van der Waals surface area contributed by atoms with Crippen LogP contribution in [0, 0.1) is 0 Å². The van der Waals surface area contributed by atoms with E-state index in [4.69, 9.17) is 13.8 Å². The first-order chi connectivity index (χ1) is 20.3. The van der Waals surface area contributed by atoms with Gasteiger partial charge in [0.1, 0.15) is 28.2 Å². The van der Waals surface area contributed by atoms with Crippen LogP contribution in [0.5, 0.6) is 0 Å². The lowest BCUT2D eigenvalue weighted by Crippen LogP contribution is -1.99. The van der Waals surface area contributed by atoms with E-state index >= 15 is 0 Å². The number of fused-ring (bicyclic) bond motifs is 9. The highest BCUT2D eigenvalue weighted by molar-refractivity contribution is 6.25. The third-order valence-electron chi connectivity index (χ3n) is 8.33. The Balaban J connectivity index is 1.28. The van der Waals surface area contributed by atoms with Crippen molar-refractivity contribution >= 4 is 65.7 Å². The summed E-state index contributed by atoms with van der Waals surface area (Å²) in [6.45, 7) is 2.16. The summed E-state index contributed by atoms with van der Waals surface area (Å²) in [5.74, 6) is 1.06. The van der Waals surface area contributed by atoms with Gasteiger partial charge in [-0.2, -0.15) is 0 Å². The third-order valence-corrected chi connectivity index (χ3v) is 8.33. The summed E-state index contributed by atoms with van der Waals surface area (Å²) >= 11 is 0. The summed E-state index contributed by atoms with van der Waals surface area (Å²) in [6.07, 6.45) is 0.865. The Morgan fingerprint density at radius 2 is 1.34 bits per heavy atom. The largest absolute Gasteiger partial charge is 0.455 e. The number of furan rings is 2. The fourth-order valence-electron chi connectivity index (χ4n) is 6.42. The summed E-state index contributed by atoms with van der Waals surface area (Å²) < 4.78 is 15.2. The number of aromatic nitrogens is 2. The van der Waals surface area contributed by atoms with Crippen molar-refractivity contribution in [3.05, 3.63) is 121 Å². The topological polar surface area (TPSA) is 44.1 Å². The molecule has 0 spiro atoms. The highest BCUT2D eigenvalue weighted by atomic mass is 16.3. The molecule has 41 heavy (non-hydrogen) atoms. The van der Waals surface area contributed by atoms with Gasteiger partial charge in [0.2, 0.25) is 0 Å². The van der Waals surface area contributed by atoms with Crippen LogP contribution < -0.4 is 0 Å². The van der Waals surface area contributed by atoms with Crippen molar-refractivity contribution in [1.29, 1.82) is 0 Å². The second kappa shape index (κ2) is 8.33. The fourth-order valence-corrected chi connectivity index (χ4v) is 6.42. The molecule has 0 aliphatic rings. The van der Waals surface area contributed by atoms with Crippen molar-refractivity contribution in [1.82, 2.24) is 9.55 Å². The lowest BCUT2D eigenvalue weighted by Gasteiger charge is -2.11. The Morgan fingerprint density at radius 3 is 2.22 bits per heavy atom. The average Bonchev–Trinajstić information content (AvgIpc) is 3.71. The molecule has 0 saturated heterocycles. The van der Waals surface area contributed by atoms with Gasteiger partial charge in [0.15, 0.2) is 0 Å². The van der Waals surface area contributed by atoms with Crippen molar-refractivity contribution < 1.29 is 8.83 Å². The zero-order chi connectivity index (χ0) is 27.1. The maximum Gasteiger partial charge on any atom is 0.147 e. The molecule has 0 aliphatic heterocycles. The van der Waals surface area contributed by atoms with E-state index in [1.54, 1.807) is 0 Å². The van der Waals surface area contributed by atoms with Crippen LogP contribution in [0.4, 0.5) is 0 Å². The summed E-state index contributed by atoms with van der Waals surface area (Å²) in [7, 11) is 0. The van der Waals surface area contributed by atoms with Crippen molar-refractivity contribution in [3.63, 3.8) is 0 Å². The van der Waals surface area contributed by atoms with E-state index in [-0.39, 0.29) is 0 Å². The van der Waals surface area contributed by atoms with E-state index in [1.165, 1.54) is 10.8 Å². The predicted octanol–water partition coefficient (Wildman–Crippen LogP) is 10.2. The number of nitrogens with zero attached hydrogens (tertiary/aromatic N) is 2. The fraction of sp³-hybridized carbons (Fsp3) is 0.0541. The molecule has 9 aromatic rings. The standard InChI is InChI=1S/C37H24N2O2/c1-2-34-38-30-11-5-6-12-31(30)39(34)25-18-17-22-19-24(16-15-23(22)20-25)28-21-29-26-9-3-7-13-32(26)40-37(29)35-27-10-4-8-14-33(27)41-36(28)35/h3-21H,2H2,1H3. The molecule has 0 N–H and O–H groups in total. The number of benzene rings is 6. The summed E-state index contributed by atoms with van der Waals surface area (Å²) in [4.78, 5) is 4.88. The molecule has 0 saturated carbocycles. The van der Waals surface area contributed by atoms with Crippen LogP contribution in [-0.2, 0) is 6.42 Å². The molecule has 3 aromatic heterocycles. The zero-order valence-electron chi connectivity index (χ0n) is 22.4. The molecule has 0 unspecified atom stereocenters. The van der Waals surface area contributed by atoms with Crippen molar-refractivity contribution in [3.8, 4) is 16.8 Å². The van der Waals surface area contributed by atoms with Crippen LogP contribution in [0.25, 0.3) is 82.5 Å².